The standard InChI is InChI=1S/C16H19N3S.C14H15N3S/c1-5-8-16(2)9-6-7-13-14(16)12(10-17)15(20-13)18-11-19(3)4;1-4-10-6-5-7-12-13(10)11(8-15)14(18-12)16-9-17(2)3/h11H,6-7,9H2,1-4H3;1,9-10H,5-7H2,2-3H3/b18-11+;16-9+. The number of aryl methyl sites for hydroxylation is 2. The molecule has 0 saturated heterocycles. The molecule has 0 aromatic carbocycles. The van der Waals surface area contributed by atoms with Gasteiger partial charge in [0.25, 0.3) is 0 Å². The zero-order valence-electron chi connectivity index (χ0n) is 23.1. The third-order valence-electron chi connectivity index (χ3n) is 6.48. The summed E-state index contributed by atoms with van der Waals surface area (Å²) in [4.78, 5) is 15.1. The number of fused-ring (bicyclic) bond motifs is 2. The molecular formula is C30H34N6S2. The van der Waals surface area contributed by atoms with E-state index in [1.807, 2.05) is 44.9 Å². The molecule has 0 saturated carbocycles. The van der Waals surface area contributed by atoms with Crippen LogP contribution in [0.1, 0.15) is 77.5 Å². The van der Waals surface area contributed by atoms with Crippen LogP contribution < -0.4 is 0 Å². The van der Waals surface area contributed by atoms with E-state index in [0.29, 0.717) is 11.1 Å². The van der Waals surface area contributed by atoms with E-state index in [4.69, 9.17) is 6.42 Å². The first-order valence-corrected chi connectivity index (χ1v) is 14.3. The normalized spacial score (nSPS) is 19.6. The number of nitriles is 2. The molecule has 0 amide bonds. The molecule has 8 heteroatoms. The van der Waals surface area contributed by atoms with E-state index in [0.717, 1.165) is 59.7 Å². The summed E-state index contributed by atoms with van der Waals surface area (Å²) in [5.41, 5.74) is 3.37. The van der Waals surface area contributed by atoms with E-state index in [2.05, 4.69) is 46.8 Å². The lowest BCUT2D eigenvalue weighted by Crippen LogP contribution is -2.25. The number of hydrogen-bond acceptors (Lipinski definition) is 6. The predicted molar refractivity (Wildman–Crippen MR) is 160 cm³/mol. The molecule has 0 N–H and O–H groups in total. The molecule has 2 heterocycles. The number of terminal acetylenes is 1. The summed E-state index contributed by atoms with van der Waals surface area (Å²) in [6.07, 6.45) is 15.3. The van der Waals surface area contributed by atoms with Crippen molar-refractivity contribution < 1.29 is 0 Å². The van der Waals surface area contributed by atoms with Crippen molar-refractivity contribution in [3.63, 3.8) is 0 Å². The van der Waals surface area contributed by atoms with E-state index in [1.54, 1.807) is 35.4 Å². The topological polar surface area (TPSA) is 78.8 Å². The first kappa shape index (κ1) is 29.0. The highest BCUT2D eigenvalue weighted by atomic mass is 32.1. The van der Waals surface area contributed by atoms with E-state index in [-0.39, 0.29) is 11.3 Å². The van der Waals surface area contributed by atoms with Crippen molar-refractivity contribution in [3.05, 3.63) is 32.0 Å². The van der Waals surface area contributed by atoms with Gasteiger partial charge >= 0.3 is 0 Å². The van der Waals surface area contributed by atoms with Gasteiger partial charge in [0.05, 0.1) is 29.2 Å². The van der Waals surface area contributed by atoms with E-state index in [1.165, 1.54) is 9.75 Å². The minimum absolute atomic E-state index is 0.0861. The van der Waals surface area contributed by atoms with Crippen LogP contribution in [0.15, 0.2) is 9.98 Å². The van der Waals surface area contributed by atoms with Crippen LogP contribution in [0.5, 0.6) is 0 Å². The quantitative estimate of drug-likeness (QED) is 0.256. The summed E-state index contributed by atoms with van der Waals surface area (Å²) in [5, 5.41) is 20.5. The highest BCUT2D eigenvalue weighted by Gasteiger charge is 2.36. The monoisotopic (exact) mass is 542 g/mol. The first-order chi connectivity index (χ1) is 18.2. The maximum atomic E-state index is 9.55. The predicted octanol–water partition coefficient (Wildman–Crippen LogP) is 6.35. The van der Waals surface area contributed by atoms with Crippen molar-refractivity contribution in [2.45, 2.75) is 63.7 Å². The molecule has 38 heavy (non-hydrogen) atoms. The zero-order chi connectivity index (χ0) is 27.9. The van der Waals surface area contributed by atoms with Crippen molar-refractivity contribution in [2.24, 2.45) is 9.98 Å². The molecule has 2 atom stereocenters. The van der Waals surface area contributed by atoms with Gasteiger partial charge in [0.15, 0.2) is 0 Å². The van der Waals surface area contributed by atoms with Crippen LogP contribution in [0.25, 0.3) is 0 Å². The Bertz CT molecular complexity index is 1410. The Kier molecular flexibility index (Phi) is 9.77. The lowest BCUT2D eigenvalue weighted by atomic mass is 9.73. The zero-order valence-corrected chi connectivity index (χ0v) is 24.7. The van der Waals surface area contributed by atoms with Crippen LogP contribution in [-0.4, -0.2) is 50.7 Å². The molecule has 0 bridgehead atoms. The Hall–Kier alpha value is -3.56. The lowest BCUT2D eigenvalue weighted by Gasteiger charge is -2.29. The maximum absolute atomic E-state index is 9.55. The molecule has 2 unspecified atom stereocenters. The molecule has 2 aromatic heterocycles. The van der Waals surface area contributed by atoms with Gasteiger partial charge in [-0.15, -0.1) is 35.0 Å². The van der Waals surface area contributed by atoms with Gasteiger partial charge in [-0.2, -0.15) is 10.5 Å². The van der Waals surface area contributed by atoms with Crippen molar-refractivity contribution in [2.75, 3.05) is 28.2 Å². The van der Waals surface area contributed by atoms with Crippen LogP contribution in [0.3, 0.4) is 0 Å². The fraction of sp³-hybridized carbons (Fsp3) is 0.467. The molecule has 0 aliphatic heterocycles. The summed E-state index contributed by atoms with van der Waals surface area (Å²) in [6, 6.07) is 4.63. The lowest BCUT2D eigenvalue weighted by molar-refractivity contribution is 0.502. The number of nitrogens with zero attached hydrogens (tertiary/aromatic N) is 6. The minimum Gasteiger partial charge on any atom is -0.369 e. The fourth-order valence-corrected chi connectivity index (χ4v) is 7.34. The Labute approximate surface area is 235 Å². The van der Waals surface area contributed by atoms with Gasteiger partial charge in [0.1, 0.15) is 22.1 Å². The molecule has 0 spiro atoms. The summed E-state index contributed by atoms with van der Waals surface area (Å²) < 4.78 is 0. The SMILES string of the molecule is C#CC1CCCc2sc(/N=C/N(C)C)c(C#N)c21.CC#CC1(C)CCCc2sc(/N=C/N(C)C)c(C#N)c21. The molecule has 4 rings (SSSR count). The molecule has 6 nitrogen and oxygen atoms in total. The Morgan fingerprint density at radius 3 is 2.08 bits per heavy atom. The van der Waals surface area contributed by atoms with Crippen LogP contribution in [0, 0.1) is 46.8 Å². The average molecular weight is 543 g/mol. The minimum atomic E-state index is -0.199. The first-order valence-electron chi connectivity index (χ1n) is 12.6. The summed E-state index contributed by atoms with van der Waals surface area (Å²) in [5.74, 6) is 9.23. The highest BCUT2D eigenvalue weighted by molar-refractivity contribution is 7.16. The number of hydrogen-bond donors (Lipinski definition) is 0. The number of aliphatic imine (C=N–C) groups is 2. The molecule has 196 valence electrons. The molecular weight excluding hydrogens is 509 g/mol. The van der Waals surface area contributed by atoms with Gasteiger partial charge < -0.3 is 9.80 Å². The highest BCUT2D eigenvalue weighted by Crippen LogP contribution is 2.47. The van der Waals surface area contributed by atoms with Crippen LogP contribution in [-0.2, 0) is 18.3 Å². The summed E-state index contributed by atoms with van der Waals surface area (Å²) in [6.45, 7) is 4.01. The second kappa shape index (κ2) is 12.8. The summed E-state index contributed by atoms with van der Waals surface area (Å²) >= 11 is 3.25. The molecule has 0 radical (unpaired) electrons. The molecule has 2 aliphatic rings. The molecule has 2 aliphatic carbocycles. The van der Waals surface area contributed by atoms with E-state index < -0.39 is 0 Å². The average Bonchev–Trinajstić information content (AvgIpc) is 3.44. The van der Waals surface area contributed by atoms with Crippen molar-refractivity contribution in [3.8, 4) is 36.3 Å². The maximum Gasteiger partial charge on any atom is 0.136 e. The largest absolute Gasteiger partial charge is 0.369 e. The third kappa shape index (κ3) is 6.28. The van der Waals surface area contributed by atoms with Gasteiger partial charge in [-0.25, -0.2) is 9.98 Å². The van der Waals surface area contributed by atoms with Crippen molar-refractivity contribution in [1.82, 2.24) is 9.80 Å². The van der Waals surface area contributed by atoms with Gasteiger partial charge in [0.2, 0.25) is 0 Å². The van der Waals surface area contributed by atoms with Gasteiger partial charge in [-0.05, 0) is 52.4 Å². The van der Waals surface area contributed by atoms with Gasteiger partial charge in [0, 0.05) is 55.0 Å². The van der Waals surface area contributed by atoms with Crippen molar-refractivity contribution >= 4 is 45.4 Å². The van der Waals surface area contributed by atoms with E-state index >= 15 is 0 Å². The Balaban J connectivity index is 0.000000212. The van der Waals surface area contributed by atoms with Gasteiger partial charge in [-0.3, -0.25) is 0 Å². The molecule has 2 aromatic rings. The van der Waals surface area contributed by atoms with Gasteiger partial charge in [-0.1, -0.05) is 11.8 Å². The Morgan fingerprint density at radius 2 is 1.53 bits per heavy atom. The van der Waals surface area contributed by atoms with Crippen LogP contribution >= 0.6 is 22.7 Å². The van der Waals surface area contributed by atoms with Crippen LogP contribution in [0.2, 0.25) is 0 Å². The number of thiophene rings is 2. The van der Waals surface area contributed by atoms with Crippen LogP contribution in [0.4, 0.5) is 10.0 Å². The third-order valence-corrected chi connectivity index (χ3v) is 8.81. The van der Waals surface area contributed by atoms with Crippen molar-refractivity contribution in [1.29, 1.82) is 10.5 Å². The molecule has 0 fully saturated rings. The second-order valence-electron chi connectivity index (χ2n) is 10.0. The smallest absolute Gasteiger partial charge is 0.136 e. The number of rotatable bonds is 4. The summed E-state index contributed by atoms with van der Waals surface area (Å²) in [7, 11) is 7.67. The Morgan fingerprint density at radius 1 is 0.947 bits per heavy atom. The second-order valence-corrected chi connectivity index (χ2v) is 12.2. The van der Waals surface area contributed by atoms with E-state index in [9.17, 15) is 10.5 Å². The fourth-order valence-electron chi connectivity index (χ4n) is 4.89.